The SMILES string of the molecule is CCCCC[C@H](O)/C=C/[C@@H]1[C@H]2C/C(=C/CSCC(=O)N(C)C)C[C@H]2C[C@H]1O. The summed E-state index contributed by atoms with van der Waals surface area (Å²) >= 11 is 1.67. The second-order valence-corrected chi connectivity index (χ2v) is 9.36. The smallest absolute Gasteiger partial charge is 0.232 e. The van der Waals surface area contributed by atoms with E-state index in [9.17, 15) is 15.0 Å². The molecular formula is C22H37NO3S. The second-order valence-electron chi connectivity index (χ2n) is 8.33. The number of fused-ring (bicyclic) bond motifs is 1. The fourth-order valence-corrected chi connectivity index (χ4v) is 5.25. The number of aliphatic hydroxyl groups is 2. The Labute approximate surface area is 169 Å². The summed E-state index contributed by atoms with van der Waals surface area (Å²) in [6.07, 6.45) is 12.8. The van der Waals surface area contributed by atoms with Crippen LogP contribution in [0.2, 0.25) is 0 Å². The van der Waals surface area contributed by atoms with Gasteiger partial charge >= 0.3 is 0 Å². The maximum absolute atomic E-state index is 11.6. The van der Waals surface area contributed by atoms with Gasteiger partial charge in [0, 0.05) is 25.8 Å². The number of unbranched alkanes of at least 4 members (excludes halogenated alkanes) is 2. The molecule has 4 nitrogen and oxygen atoms in total. The Morgan fingerprint density at radius 3 is 2.81 bits per heavy atom. The maximum atomic E-state index is 11.6. The number of hydrogen-bond donors (Lipinski definition) is 2. The molecule has 0 unspecified atom stereocenters. The second kappa shape index (κ2) is 11.3. The minimum Gasteiger partial charge on any atom is -0.392 e. The Hall–Kier alpha value is -0.780. The van der Waals surface area contributed by atoms with Gasteiger partial charge in [-0.2, -0.15) is 0 Å². The predicted molar refractivity (Wildman–Crippen MR) is 114 cm³/mol. The molecule has 2 fully saturated rings. The van der Waals surface area contributed by atoms with Crippen LogP contribution in [0, 0.1) is 17.8 Å². The van der Waals surface area contributed by atoms with Gasteiger partial charge < -0.3 is 15.1 Å². The zero-order chi connectivity index (χ0) is 19.8. The highest BCUT2D eigenvalue weighted by molar-refractivity contribution is 8.00. The third-order valence-corrected chi connectivity index (χ3v) is 6.84. The summed E-state index contributed by atoms with van der Waals surface area (Å²) in [5, 5.41) is 20.6. The van der Waals surface area contributed by atoms with E-state index in [0.29, 0.717) is 17.6 Å². The van der Waals surface area contributed by atoms with Gasteiger partial charge in [-0.1, -0.05) is 50.0 Å². The molecule has 0 bridgehead atoms. The van der Waals surface area contributed by atoms with Crippen molar-refractivity contribution in [2.24, 2.45) is 17.8 Å². The van der Waals surface area contributed by atoms with E-state index in [-0.39, 0.29) is 24.0 Å². The molecule has 0 spiro atoms. The van der Waals surface area contributed by atoms with Crippen LogP contribution in [0.3, 0.4) is 0 Å². The molecule has 27 heavy (non-hydrogen) atoms. The molecule has 0 aromatic rings. The Balaban J connectivity index is 1.80. The lowest BCUT2D eigenvalue weighted by molar-refractivity contribution is -0.125. The van der Waals surface area contributed by atoms with E-state index in [1.165, 1.54) is 5.57 Å². The number of amides is 1. The van der Waals surface area contributed by atoms with Crippen LogP contribution in [0.5, 0.6) is 0 Å². The van der Waals surface area contributed by atoms with E-state index >= 15 is 0 Å². The Kier molecular flexibility index (Phi) is 9.40. The first-order valence-electron chi connectivity index (χ1n) is 10.4. The van der Waals surface area contributed by atoms with Crippen molar-refractivity contribution in [3.63, 3.8) is 0 Å². The summed E-state index contributed by atoms with van der Waals surface area (Å²) < 4.78 is 0. The van der Waals surface area contributed by atoms with Gasteiger partial charge in [0.25, 0.3) is 0 Å². The van der Waals surface area contributed by atoms with Gasteiger partial charge in [0.1, 0.15) is 0 Å². The van der Waals surface area contributed by atoms with Crippen molar-refractivity contribution in [1.29, 1.82) is 0 Å². The quantitative estimate of drug-likeness (QED) is 0.438. The van der Waals surface area contributed by atoms with E-state index in [1.807, 2.05) is 6.08 Å². The van der Waals surface area contributed by atoms with Crippen molar-refractivity contribution in [2.45, 2.75) is 64.1 Å². The Bertz CT molecular complexity index is 532. The average Bonchev–Trinajstić information content (AvgIpc) is 3.13. The van der Waals surface area contributed by atoms with Crippen molar-refractivity contribution in [2.75, 3.05) is 25.6 Å². The normalized spacial score (nSPS) is 30.2. The fourth-order valence-electron chi connectivity index (χ4n) is 4.35. The van der Waals surface area contributed by atoms with Gasteiger partial charge in [0.2, 0.25) is 5.91 Å². The standard InChI is InChI=1S/C22H37NO3S/c1-4-5-6-7-18(24)8-9-19-20-13-16(12-17(20)14-21(19)25)10-11-27-15-22(26)23(2)3/h8-10,17-21,24-25H,4-7,11-15H2,1-3H3/b9-8+,16-10+/t17-,18-,19+,20-,21+/m0/s1. The number of carbonyl (C=O) groups is 1. The molecule has 2 aliphatic rings. The van der Waals surface area contributed by atoms with Crippen LogP contribution in [-0.2, 0) is 4.79 Å². The summed E-state index contributed by atoms with van der Waals surface area (Å²) in [6.45, 7) is 2.17. The first kappa shape index (κ1) is 22.5. The van der Waals surface area contributed by atoms with Gasteiger partial charge in [-0.15, -0.1) is 11.8 Å². The van der Waals surface area contributed by atoms with Crippen LogP contribution < -0.4 is 0 Å². The van der Waals surface area contributed by atoms with E-state index < -0.39 is 0 Å². The average molecular weight is 396 g/mol. The van der Waals surface area contributed by atoms with Crippen LogP contribution in [-0.4, -0.2) is 58.8 Å². The number of carbonyl (C=O) groups excluding carboxylic acids is 1. The predicted octanol–water partition coefficient (Wildman–Crippen LogP) is 3.64. The summed E-state index contributed by atoms with van der Waals surface area (Å²) in [6, 6.07) is 0. The highest BCUT2D eigenvalue weighted by atomic mass is 32.2. The van der Waals surface area contributed by atoms with Gasteiger partial charge in [0.05, 0.1) is 18.0 Å². The molecule has 0 saturated heterocycles. The molecule has 1 amide bonds. The monoisotopic (exact) mass is 395 g/mol. The first-order chi connectivity index (χ1) is 12.9. The number of allylic oxidation sites excluding steroid dienone is 1. The molecule has 0 aromatic heterocycles. The van der Waals surface area contributed by atoms with Gasteiger partial charge in [-0.25, -0.2) is 0 Å². The molecule has 2 rings (SSSR count). The van der Waals surface area contributed by atoms with E-state index in [0.717, 1.165) is 50.7 Å². The van der Waals surface area contributed by atoms with E-state index in [1.54, 1.807) is 30.8 Å². The molecule has 2 saturated carbocycles. The molecule has 0 heterocycles. The molecule has 0 aliphatic heterocycles. The minimum absolute atomic E-state index is 0.160. The number of rotatable bonds is 10. The summed E-state index contributed by atoms with van der Waals surface area (Å²) in [5.74, 6) is 2.81. The third-order valence-electron chi connectivity index (χ3n) is 5.98. The van der Waals surface area contributed by atoms with Gasteiger partial charge in [0.15, 0.2) is 0 Å². The van der Waals surface area contributed by atoms with Crippen LogP contribution in [0.25, 0.3) is 0 Å². The van der Waals surface area contributed by atoms with E-state index in [4.69, 9.17) is 0 Å². The summed E-state index contributed by atoms with van der Waals surface area (Å²) in [5.41, 5.74) is 1.48. The molecular weight excluding hydrogens is 358 g/mol. The summed E-state index contributed by atoms with van der Waals surface area (Å²) in [7, 11) is 3.58. The van der Waals surface area contributed by atoms with Crippen molar-refractivity contribution in [1.82, 2.24) is 4.90 Å². The highest BCUT2D eigenvalue weighted by Crippen LogP contribution is 2.50. The van der Waals surface area contributed by atoms with Gasteiger partial charge in [-0.3, -0.25) is 4.79 Å². The molecule has 154 valence electrons. The molecule has 5 atom stereocenters. The highest BCUT2D eigenvalue weighted by Gasteiger charge is 2.44. The summed E-state index contributed by atoms with van der Waals surface area (Å²) in [4.78, 5) is 13.3. The third kappa shape index (κ3) is 6.95. The molecule has 2 N–H and O–H groups in total. The minimum atomic E-state index is -0.384. The fraction of sp³-hybridized carbons (Fsp3) is 0.773. The Morgan fingerprint density at radius 2 is 2.11 bits per heavy atom. The lowest BCUT2D eigenvalue weighted by Crippen LogP contribution is -2.23. The van der Waals surface area contributed by atoms with Crippen molar-refractivity contribution in [3.8, 4) is 0 Å². The Morgan fingerprint density at radius 1 is 1.33 bits per heavy atom. The lowest BCUT2D eigenvalue weighted by atomic mass is 9.90. The van der Waals surface area contributed by atoms with E-state index in [2.05, 4.69) is 19.1 Å². The topological polar surface area (TPSA) is 60.8 Å². The number of aliphatic hydroxyl groups excluding tert-OH is 2. The molecule has 5 heteroatoms. The van der Waals surface area contributed by atoms with Gasteiger partial charge in [-0.05, 0) is 37.5 Å². The molecule has 2 aliphatic carbocycles. The van der Waals surface area contributed by atoms with Crippen molar-refractivity contribution in [3.05, 3.63) is 23.8 Å². The molecule has 0 aromatic carbocycles. The van der Waals surface area contributed by atoms with Crippen LogP contribution in [0.4, 0.5) is 0 Å². The first-order valence-corrected chi connectivity index (χ1v) is 11.6. The van der Waals surface area contributed by atoms with Crippen LogP contribution in [0.15, 0.2) is 23.8 Å². The zero-order valence-corrected chi connectivity index (χ0v) is 18.0. The molecule has 0 radical (unpaired) electrons. The van der Waals surface area contributed by atoms with Crippen LogP contribution >= 0.6 is 11.8 Å². The number of nitrogens with zero attached hydrogens (tertiary/aromatic N) is 1. The van der Waals surface area contributed by atoms with Crippen LogP contribution in [0.1, 0.15) is 51.9 Å². The maximum Gasteiger partial charge on any atom is 0.232 e. The lowest BCUT2D eigenvalue weighted by Gasteiger charge is -2.17. The number of hydrogen-bond acceptors (Lipinski definition) is 4. The largest absolute Gasteiger partial charge is 0.392 e. The number of thioether (sulfide) groups is 1. The van der Waals surface area contributed by atoms with Crippen molar-refractivity contribution >= 4 is 17.7 Å². The van der Waals surface area contributed by atoms with Crippen molar-refractivity contribution < 1.29 is 15.0 Å². The zero-order valence-electron chi connectivity index (χ0n) is 17.1.